The molecule has 0 spiro atoms. The number of aromatic nitrogens is 4. The van der Waals surface area contributed by atoms with E-state index in [0.717, 1.165) is 39.1 Å². The Morgan fingerprint density at radius 1 is 1.10 bits per heavy atom. The summed E-state index contributed by atoms with van der Waals surface area (Å²) in [6, 6.07) is 14.0. The molecule has 0 saturated carbocycles. The van der Waals surface area contributed by atoms with E-state index >= 15 is 0 Å². The summed E-state index contributed by atoms with van der Waals surface area (Å²) in [5, 5.41) is 12.8. The first-order valence-electron chi connectivity index (χ1n) is 9.84. The lowest BCUT2D eigenvalue weighted by Crippen LogP contribution is -2.08. The number of rotatable bonds is 3. The van der Waals surface area contributed by atoms with Crippen molar-refractivity contribution in [2.75, 3.05) is 24.3 Å². The van der Waals surface area contributed by atoms with Crippen LogP contribution in [0.4, 0.5) is 17.2 Å². The SMILES string of the molecule is Cc1ccc2c(Nc3cccc(N(C)C)c3)noc2c1C#Cc1cnn2cccnc12. The monoisotopic (exact) mass is 408 g/mol. The van der Waals surface area contributed by atoms with Crippen LogP contribution in [0.15, 0.2) is 65.6 Å². The fourth-order valence-corrected chi connectivity index (χ4v) is 3.39. The van der Waals surface area contributed by atoms with Gasteiger partial charge in [0.05, 0.1) is 22.7 Å². The fraction of sp³-hybridized carbons (Fsp3) is 0.125. The van der Waals surface area contributed by atoms with Crippen LogP contribution in [0.5, 0.6) is 0 Å². The second kappa shape index (κ2) is 7.50. The van der Waals surface area contributed by atoms with E-state index in [1.54, 1.807) is 16.9 Å². The number of benzene rings is 2. The van der Waals surface area contributed by atoms with E-state index in [4.69, 9.17) is 4.52 Å². The Kier molecular flexibility index (Phi) is 4.53. The maximum Gasteiger partial charge on any atom is 0.184 e. The van der Waals surface area contributed by atoms with Gasteiger partial charge in [0.25, 0.3) is 0 Å². The molecular formula is C24H20N6O. The van der Waals surface area contributed by atoms with E-state index < -0.39 is 0 Å². The van der Waals surface area contributed by atoms with Gasteiger partial charge in [-0.05, 0) is 42.8 Å². The van der Waals surface area contributed by atoms with Crippen LogP contribution in [0.3, 0.4) is 0 Å². The van der Waals surface area contributed by atoms with Crippen molar-refractivity contribution >= 4 is 33.8 Å². The van der Waals surface area contributed by atoms with E-state index in [2.05, 4.69) is 49.4 Å². The van der Waals surface area contributed by atoms with Gasteiger partial charge in [0.1, 0.15) is 0 Å². The zero-order chi connectivity index (χ0) is 21.4. The molecule has 0 fully saturated rings. The van der Waals surface area contributed by atoms with E-state index in [0.29, 0.717) is 11.4 Å². The minimum atomic E-state index is 0.656. The van der Waals surface area contributed by atoms with Crippen molar-refractivity contribution in [2.45, 2.75) is 6.92 Å². The summed E-state index contributed by atoms with van der Waals surface area (Å²) in [6.07, 6.45) is 5.29. The van der Waals surface area contributed by atoms with Gasteiger partial charge in [0.15, 0.2) is 17.0 Å². The molecule has 5 aromatic rings. The topological polar surface area (TPSA) is 71.5 Å². The molecule has 0 saturated heterocycles. The quantitative estimate of drug-likeness (QED) is 0.447. The Bertz CT molecular complexity index is 1470. The van der Waals surface area contributed by atoms with Crippen LogP contribution in [0.1, 0.15) is 16.7 Å². The molecule has 0 aliphatic rings. The Hall–Kier alpha value is -4.31. The van der Waals surface area contributed by atoms with Crippen molar-refractivity contribution in [3.05, 3.63) is 77.7 Å². The van der Waals surface area contributed by atoms with Crippen LogP contribution in [0.2, 0.25) is 0 Å². The van der Waals surface area contributed by atoms with Crippen molar-refractivity contribution < 1.29 is 4.52 Å². The summed E-state index contributed by atoms with van der Waals surface area (Å²) in [5.74, 6) is 7.09. The zero-order valence-electron chi connectivity index (χ0n) is 17.4. The van der Waals surface area contributed by atoms with Crippen LogP contribution in [0.25, 0.3) is 16.6 Å². The summed E-state index contributed by atoms with van der Waals surface area (Å²) in [5.41, 5.74) is 5.99. The Morgan fingerprint density at radius 3 is 2.87 bits per heavy atom. The molecule has 152 valence electrons. The van der Waals surface area contributed by atoms with Crippen molar-refractivity contribution in [3.63, 3.8) is 0 Å². The number of hydrogen-bond acceptors (Lipinski definition) is 6. The lowest BCUT2D eigenvalue weighted by atomic mass is 10.1. The van der Waals surface area contributed by atoms with Crippen LogP contribution < -0.4 is 10.2 Å². The molecule has 31 heavy (non-hydrogen) atoms. The molecule has 0 atom stereocenters. The van der Waals surface area contributed by atoms with Gasteiger partial charge in [0.2, 0.25) is 0 Å². The molecular weight excluding hydrogens is 388 g/mol. The van der Waals surface area contributed by atoms with Gasteiger partial charge in [-0.1, -0.05) is 29.1 Å². The molecule has 0 unspecified atom stereocenters. The molecule has 7 nitrogen and oxygen atoms in total. The Balaban J connectivity index is 1.53. The standard InChI is InChI=1S/C24H20N6O/c1-16-8-10-21-22(20(16)11-9-17-15-26-30-13-5-12-25-24(17)30)31-28-23(21)27-18-6-4-7-19(14-18)29(2)3/h4-8,10,12-15H,1-3H3,(H,27,28). The molecule has 0 aliphatic carbocycles. The molecule has 3 aromatic heterocycles. The summed E-state index contributed by atoms with van der Waals surface area (Å²) in [4.78, 5) is 6.41. The number of nitrogens with one attached hydrogen (secondary N) is 1. The summed E-state index contributed by atoms with van der Waals surface area (Å²) < 4.78 is 7.41. The minimum absolute atomic E-state index is 0.656. The molecule has 0 bridgehead atoms. The second-order valence-corrected chi connectivity index (χ2v) is 7.43. The van der Waals surface area contributed by atoms with Gasteiger partial charge in [-0.3, -0.25) is 0 Å². The number of fused-ring (bicyclic) bond motifs is 2. The number of anilines is 3. The maximum absolute atomic E-state index is 5.71. The lowest BCUT2D eigenvalue weighted by Gasteiger charge is -2.13. The number of nitrogens with zero attached hydrogens (tertiary/aromatic N) is 5. The van der Waals surface area contributed by atoms with E-state index in [-0.39, 0.29) is 0 Å². The van der Waals surface area contributed by atoms with Gasteiger partial charge in [-0.25, -0.2) is 9.50 Å². The smallest absolute Gasteiger partial charge is 0.184 e. The fourth-order valence-electron chi connectivity index (χ4n) is 3.39. The molecule has 2 aromatic carbocycles. The van der Waals surface area contributed by atoms with Gasteiger partial charge in [0, 0.05) is 37.9 Å². The average Bonchev–Trinajstić information content (AvgIpc) is 3.37. The van der Waals surface area contributed by atoms with Crippen LogP contribution in [-0.4, -0.2) is 33.9 Å². The van der Waals surface area contributed by atoms with Gasteiger partial charge in [-0.15, -0.1) is 0 Å². The first kappa shape index (κ1) is 18.7. The third-order valence-electron chi connectivity index (χ3n) is 5.08. The van der Waals surface area contributed by atoms with Gasteiger partial charge < -0.3 is 14.7 Å². The highest BCUT2D eigenvalue weighted by molar-refractivity contribution is 5.94. The molecule has 0 radical (unpaired) electrons. The number of aryl methyl sites for hydroxylation is 1. The van der Waals surface area contributed by atoms with Crippen molar-refractivity contribution in [1.29, 1.82) is 0 Å². The van der Waals surface area contributed by atoms with Crippen molar-refractivity contribution in [3.8, 4) is 11.8 Å². The predicted molar refractivity (Wildman–Crippen MR) is 122 cm³/mol. The van der Waals surface area contributed by atoms with Crippen LogP contribution in [-0.2, 0) is 0 Å². The summed E-state index contributed by atoms with van der Waals surface area (Å²) >= 11 is 0. The normalized spacial score (nSPS) is 10.8. The third kappa shape index (κ3) is 3.45. The van der Waals surface area contributed by atoms with Crippen molar-refractivity contribution in [2.24, 2.45) is 0 Å². The van der Waals surface area contributed by atoms with E-state index in [9.17, 15) is 0 Å². The van der Waals surface area contributed by atoms with E-state index in [1.165, 1.54) is 0 Å². The number of hydrogen-bond donors (Lipinski definition) is 1. The summed E-state index contributed by atoms with van der Waals surface area (Å²) in [6.45, 7) is 2.01. The largest absolute Gasteiger partial charge is 0.378 e. The summed E-state index contributed by atoms with van der Waals surface area (Å²) in [7, 11) is 4.02. The molecule has 1 N–H and O–H groups in total. The first-order chi connectivity index (χ1) is 15.1. The second-order valence-electron chi connectivity index (χ2n) is 7.43. The lowest BCUT2D eigenvalue weighted by molar-refractivity contribution is 0.459. The van der Waals surface area contributed by atoms with Gasteiger partial charge >= 0.3 is 0 Å². The molecule has 3 heterocycles. The van der Waals surface area contributed by atoms with Crippen LogP contribution in [0, 0.1) is 18.8 Å². The first-order valence-corrected chi connectivity index (χ1v) is 9.84. The zero-order valence-corrected chi connectivity index (χ0v) is 17.4. The molecule has 0 aliphatic heterocycles. The predicted octanol–water partition coefficient (Wildman–Crippen LogP) is 4.39. The highest BCUT2D eigenvalue weighted by Crippen LogP contribution is 2.30. The highest BCUT2D eigenvalue weighted by atomic mass is 16.5. The van der Waals surface area contributed by atoms with Gasteiger partial charge in [-0.2, -0.15) is 5.10 Å². The Labute approximate surface area is 179 Å². The van der Waals surface area contributed by atoms with Crippen LogP contribution >= 0.6 is 0 Å². The molecule has 5 rings (SSSR count). The average molecular weight is 408 g/mol. The minimum Gasteiger partial charge on any atom is -0.378 e. The highest BCUT2D eigenvalue weighted by Gasteiger charge is 2.14. The van der Waals surface area contributed by atoms with E-state index in [1.807, 2.05) is 57.5 Å². The Morgan fingerprint density at radius 2 is 2.00 bits per heavy atom. The maximum atomic E-state index is 5.71. The van der Waals surface area contributed by atoms with Crippen molar-refractivity contribution in [1.82, 2.24) is 19.8 Å². The molecule has 0 amide bonds. The molecule has 7 heteroatoms. The third-order valence-corrected chi connectivity index (χ3v) is 5.08.